The summed E-state index contributed by atoms with van der Waals surface area (Å²) >= 11 is 3.33. The molecule has 2 N–H and O–H groups in total. The fraction of sp³-hybridized carbons (Fsp3) is 0.818. The van der Waals surface area contributed by atoms with Gasteiger partial charge in [-0.2, -0.15) is 23.5 Å². The van der Waals surface area contributed by atoms with Gasteiger partial charge in [-0.1, -0.05) is 0 Å². The van der Waals surface area contributed by atoms with Crippen LogP contribution < -0.4 is 10.6 Å². The average Bonchev–Trinajstić information content (AvgIpc) is 2.33. The second-order valence-electron chi connectivity index (χ2n) is 3.54. The number of carbonyl (C=O) groups excluding carboxylic acids is 2. The van der Waals surface area contributed by atoms with Crippen molar-refractivity contribution in [1.29, 1.82) is 0 Å². The molecule has 0 aliphatic heterocycles. The predicted octanol–water partition coefficient (Wildman–Crippen LogP) is 1.12. The van der Waals surface area contributed by atoms with Crippen LogP contribution in [0.25, 0.3) is 0 Å². The van der Waals surface area contributed by atoms with E-state index in [1.165, 1.54) is 0 Å². The maximum atomic E-state index is 11.2. The molecule has 0 rings (SSSR count). The number of carbonyl (C=O) groups is 2. The number of nitrogens with one attached hydrogen (secondary N) is 2. The standard InChI is InChI=1S/C11H22N2O2S2/c1-16-8-4-10(14)12-6-3-7-13-11(15)5-9-17-2/h3-9H2,1-2H3,(H,12,14)(H,13,15). The Morgan fingerprint density at radius 1 is 0.882 bits per heavy atom. The summed E-state index contributed by atoms with van der Waals surface area (Å²) in [6.07, 6.45) is 5.90. The molecule has 6 heteroatoms. The average molecular weight is 278 g/mol. The van der Waals surface area contributed by atoms with Crippen LogP contribution in [0.2, 0.25) is 0 Å². The van der Waals surface area contributed by atoms with Crippen LogP contribution in [0.1, 0.15) is 19.3 Å². The van der Waals surface area contributed by atoms with Crippen LogP contribution >= 0.6 is 23.5 Å². The smallest absolute Gasteiger partial charge is 0.220 e. The molecule has 0 bridgehead atoms. The minimum Gasteiger partial charge on any atom is -0.356 e. The summed E-state index contributed by atoms with van der Waals surface area (Å²) in [7, 11) is 0. The van der Waals surface area contributed by atoms with E-state index < -0.39 is 0 Å². The normalized spacial score (nSPS) is 10.0. The van der Waals surface area contributed by atoms with Gasteiger partial charge in [-0.3, -0.25) is 9.59 Å². The topological polar surface area (TPSA) is 58.2 Å². The van der Waals surface area contributed by atoms with E-state index >= 15 is 0 Å². The maximum Gasteiger partial charge on any atom is 0.220 e. The summed E-state index contributed by atoms with van der Waals surface area (Å²) in [5.41, 5.74) is 0. The Hall–Kier alpha value is -0.360. The van der Waals surface area contributed by atoms with Gasteiger partial charge in [-0.25, -0.2) is 0 Å². The highest BCUT2D eigenvalue weighted by Crippen LogP contribution is 1.95. The van der Waals surface area contributed by atoms with Gasteiger partial charge in [0.25, 0.3) is 0 Å². The number of amides is 2. The second-order valence-corrected chi connectivity index (χ2v) is 5.51. The predicted molar refractivity (Wildman–Crippen MR) is 76.6 cm³/mol. The lowest BCUT2D eigenvalue weighted by molar-refractivity contribution is -0.121. The van der Waals surface area contributed by atoms with Crippen LogP contribution in [0.3, 0.4) is 0 Å². The van der Waals surface area contributed by atoms with E-state index in [2.05, 4.69) is 10.6 Å². The molecular weight excluding hydrogens is 256 g/mol. The minimum atomic E-state index is 0.0908. The van der Waals surface area contributed by atoms with Crippen molar-refractivity contribution in [3.63, 3.8) is 0 Å². The van der Waals surface area contributed by atoms with E-state index in [9.17, 15) is 9.59 Å². The number of rotatable bonds is 10. The highest BCUT2D eigenvalue weighted by atomic mass is 32.2. The molecule has 17 heavy (non-hydrogen) atoms. The van der Waals surface area contributed by atoms with Gasteiger partial charge in [0, 0.05) is 37.4 Å². The third-order valence-corrected chi connectivity index (χ3v) is 3.29. The van der Waals surface area contributed by atoms with Crippen LogP contribution in [0.15, 0.2) is 0 Å². The Kier molecular flexibility index (Phi) is 11.8. The zero-order valence-electron chi connectivity index (χ0n) is 10.6. The SMILES string of the molecule is CSCCC(=O)NCCCNC(=O)CCSC. The first-order valence-electron chi connectivity index (χ1n) is 5.72. The first kappa shape index (κ1) is 16.6. The quantitative estimate of drug-likeness (QED) is 0.588. The fourth-order valence-electron chi connectivity index (χ4n) is 1.11. The molecule has 4 nitrogen and oxygen atoms in total. The van der Waals surface area contributed by atoms with Crippen LogP contribution in [0.4, 0.5) is 0 Å². The van der Waals surface area contributed by atoms with Crippen molar-refractivity contribution < 1.29 is 9.59 Å². The van der Waals surface area contributed by atoms with Gasteiger partial charge in [-0.05, 0) is 18.9 Å². The Morgan fingerprint density at radius 2 is 1.29 bits per heavy atom. The molecule has 0 aliphatic rings. The zero-order valence-corrected chi connectivity index (χ0v) is 12.2. The van der Waals surface area contributed by atoms with Crippen molar-refractivity contribution in [1.82, 2.24) is 10.6 Å². The van der Waals surface area contributed by atoms with Crippen molar-refractivity contribution in [3.8, 4) is 0 Å². The largest absolute Gasteiger partial charge is 0.356 e. The molecule has 0 aromatic carbocycles. The summed E-state index contributed by atoms with van der Waals surface area (Å²) in [4.78, 5) is 22.5. The van der Waals surface area contributed by atoms with Gasteiger partial charge in [0.05, 0.1) is 0 Å². The van der Waals surface area contributed by atoms with E-state index in [1.807, 2.05) is 12.5 Å². The minimum absolute atomic E-state index is 0.0908. The molecule has 100 valence electrons. The third kappa shape index (κ3) is 11.9. The van der Waals surface area contributed by atoms with Crippen LogP contribution in [0, 0.1) is 0 Å². The maximum absolute atomic E-state index is 11.2. The molecule has 0 aromatic rings. The van der Waals surface area contributed by atoms with E-state index in [1.54, 1.807) is 23.5 Å². The summed E-state index contributed by atoms with van der Waals surface area (Å²) in [6, 6.07) is 0. The Balaban J connectivity index is 3.28. The molecular formula is C11H22N2O2S2. The molecule has 0 unspecified atom stereocenters. The highest BCUT2D eigenvalue weighted by Gasteiger charge is 2.01. The first-order chi connectivity index (χ1) is 8.20. The van der Waals surface area contributed by atoms with E-state index in [-0.39, 0.29) is 11.8 Å². The molecule has 0 radical (unpaired) electrons. The lowest BCUT2D eigenvalue weighted by atomic mass is 10.3. The third-order valence-electron chi connectivity index (χ3n) is 2.06. The Morgan fingerprint density at radius 3 is 1.65 bits per heavy atom. The number of hydrogen-bond acceptors (Lipinski definition) is 4. The van der Waals surface area contributed by atoms with Gasteiger partial charge in [-0.15, -0.1) is 0 Å². The Labute approximate surface area is 112 Å². The molecule has 0 spiro atoms. The molecule has 0 fully saturated rings. The van der Waals surface area contributed by atoms with Crippen LogP contribution in [0.5, 0.6) is 0 Å². The second kappa shape index (κ2) is 12.1. The monoisotopic (exact) mass is 278 g/mol. The van der Waals surface area contributed by atoms with Crippen molar-refractivity contribution in [2.75, 3.05) is 37.1 Å². The molecule has 0 saturated carbocycles. The molecule has 0 saturated heterocycles. The van der Waals surface area contributed by atoms with E-state index in [0.29, 0.717) is 25.9 Å². The zero-order chi connectivity index (χ0) is 12.9. The lowest BCUT2D eigenvalue weighted by Crippen LogP contribution is -2.30. The van der Waals surface area contributed by atoms with Gasteiger partial charge in [0.1, 0.15) is 0 Å². The molecule has 0 atom stereocenters. The number of hydrogen-bond donors (Lipinski definition) is 2. The lowest BCUT2D eigenvalue weighted by Gasteiger charge is -2.06. The number of thioether (sulfide) groups is 2. The van der Waals surface area contributed by atoms with Crippen LogP contribution in [-0.4, -0.2) is 48.9 Å². The van der Waals surface area contributed by atoms with Gasteiger partial charge >= 0.3 is 0 Å². The van der Waals surface area contributed by atoms with Crippen molar-refractivity contribution in [3.05, 3.63) is 0 Å². The van der Waals surface area contributed by atoms with Crippen molar-refractivity contribution in [2.24, 2.45) is 0 Å². The highest BCUT2D eigenvalue weighted by molar-refractivity contribution is 7.98. The molecule has 0 aliphatic carbocycles. The van der Waals surface area contributed by atoms with Crippen molar-refractivity contribution in [2.45, 2.75) is 19.3 Å². The summed E-state index contributed by atoms with van der Waals surface area (Å²) in [5, 5.41) is 5.65. The summed E-state index contributed by atoms with van der Waals surface area (Å²) in [6.45, 7) is 1.27. The van der Waals surface area contributed by atoms with E-state index in [0.717, 1.165) is 17.9 Å². The van der Waals surface area contributed by atoms with Gasteiger partial charge in [0.2, 0.25) is 11.8 Å². The van der Waals surface area contributed by atoms with Gasteiger partial charge < -0.3 is 10.6 Å². The fourth-order valence-corrected chi connectivity index (χ4v) is 1.89. The molecule has 2 amide bonds. The van der Waals surface area contributed by atoms with Gasteiger partial charge in [0.15, 0.2) is 0 Å². The van der Waals surface area contributed by atoms with Crippen LogP contribution in [-0.2, 0) is 9.59 Å². The molecule has 0 heterocycles. The summed E-state index contributed by atoms with van der Waals surface area (Å²) in [5.74, 6) is 1.90. The summed E-state index contributed by atoms with van der Waals surface area (Å²) < 4.78 is 0. The Bertz CT molecular complexity index is 204. The van der Waals surface area contributed by atoms with Crippen molar-refractivity contribution >= 4 is 35.3 Å². The first-order valence-corrected chi connectivity index (χ1v) is 8.50. The van der Waals surface area contributed by atoms with E-state index in [4.69, 9.17) is 0 Å². The molecule has 0 aromatic heterocycles.